The second kappa shape index (κ2) is 9.29. The van der Waals surface area contributed by atoms with E-state index in [1.54, 1.807) is 16.7 Å². The van der Waals surface area contributed by atoms with E-state index < -0.39 is 22.6 Å². The third kappa shape index (κ3) is 3.85. The van der Waals surface area contributed by atoms with Crippen molar-refractivity contribution in [1.29, 1.82) is 0 Å². The summed E-state index contributed by atoms with van der Waals surface area (Å²) in [5, 5.41) is 15.6. The zero-order valence-corrected chi connectivity index (χ0v) is 20.7. The van der Waals surface area contributed by atoms with Gasteiger partial charge in [-0.15, -0.1) is 11.8 Å². The number of benzene rings is 1. The summed E-state index contributed by atoms with van der Waals surface area (Å²) in [4.78, 5) is 42.4. The maximum absolute atomic E-state index is 13.8. The van der Waals surface area contributed by atoms with Gasteiger partial charge in [-0.05, 0) is 56.2 Å². The van der Waals surface area contributed by atoms with Crippen molar-refractivity contribution < 1.29 is 19.5 Å². The third-order valence-corrected chi connectivity index (χ3v) is 9.63. The van der Waals surface area contributed by atoms with E-state index in [0.717, 1.165) is 29.7 Å². The van der Waals surface area contributed by atoms with Crippen molar-refractivity contribution in [3.63, 3.8) is 0 Å². The van der Waals surface area contributed by atoms with Crippen LogP contribution in [0.15, 0.2) is 18.2 Å². The monoisotopic (exact) mass is 473 g/mol. The number of aryl methyl sites for hydroxylation is 2. The molecular formula is C25H35N3O4S. The van der Waals surface area contributed by atoms with Crippen molar-refractivity contribution in [2.75, 3.05) is 25.0 Å². The molecule has 3 fully saturated rings. The van der Waals surface area contributed by atoms with Crippen LogP contribution in [0.2, 0.25) is 0 Å². The summed E-state index contributed by atoms with van der Waals surface area (Å²) in [6.45, 7) is 8.88. The Balaban J connectivity index is 1.71. The second-order valence-electron chi connectivity index (χ2n) is 9.76. The van der Waals surface area contributed by atoms with Gasteiger partial charge >= 0.3 is 0 Å². The van der Waals surface area contributed by atoms with Crippen molar-refractivity contribution in [2.24, 2.45) is 17.8 Å². The van der Waals surface area contributed by atoms with Crippen molar-refractivity contribution in [3.05, 3.63) is 29.3 Å². The Morgan fingerprint density at radius 3 is 2.73 bits per heavy atom. The molecule has 1 aromatic rings. The number of amides is 3. The first-order valence-corrected chi connectivity index (χ1v) is 12.9. The van der Waals surface area contributed by atoms with E-state index >= 15 is 0 Å². The quantitative estimate of drug-likeness (QED) is 0.539. The molecule has 3 amide bonds. The largest absolute Gasteiger partial charge is 0.396 e. The number of aliphatic hydroxyl groups is 1. The molecule has 0 saturated carbocycles. The number of hydrogen-bond donors (Lipinski definition) is 3. The highest BCUT2D eigenvalue weighted by molar-refractivity contribution is 8.02. The van der Waals surface area contributed by atoms with Crippen LogP contribution in [0.1, 0.15) is 44.2 Å². The number of aliphatic hydroxyl groups excluding tert-OH is 1. The lowest BCUT2D eigenvalue weighted by molar-refractivity contribution is -0.139. The van der Waals surface area contributed by atoms with Crippen LogP contribution in [0.5, 0.6) is 0 Å². The van der Waals surface area contributed by atoms with Gasteiger partial charge in [-0.25, -0.2) is 0 Å². The van der Waals surface area contributed by atoms with Crippen LogP contribution < -0.4 is 10.6 Å². The minimum atomic E-state index is -0.671. The van der Waals surface area contributed by atoms with E-state index in [1.165, 1.54) is 0 Å². The average molecular weight is 474 g/mol. The number of anilines is 1. The number of carbonyl (C=O) groups excluding carboxylic acids is 3. The van der Waals surface area contributed by atoms with E-state index in [9.17, 15) is 19.5 Å². The predicted octanol–water partition coefficient (Wildman–Crippen LogP) is 2.49. The minimum Gasteiger partial charge on any atom is -0.396 e. The molecule has 2 bridgehead atoms. The molecule has 4 rings (SSSR count). The minimum absolute atomic E-state index is 0.0433. The maximum atomic E-state index is 13.8. The molecule has 3 saturated heterocycles. The molecule has 7 nitrogen and oxygen atoms in total. The number of carbonyl (C=O) groups is 3. The first-order valence-electron chi connectivity index (χ1n) is 12.0. The molecule has 3 N–H and O–H groups in total. The van der Waals surface area contributed by atoms with Crippen molar-refractivity contribution >= 4 is 35.2 Å². The highest BCUT2D eigenvalue weighted by Gasteiger charge is 2.75. The van der Waals surface area contributed by atoms with Gasteiger partial charge in [-0.3, -0.25) is 14.4 Å². The van der Waals surface area contributed by atoms with Crippen molar-refractivity contribution in [2.45, 2.75) is 63.0 Å². The van der Waals surface area contributed by atoms with Crippen molar-refractivity contribution in [3.8, 4) is 0 Å². The highest BCUT2D eigenvalue weighted by atomic mass is 32.2. The van der Waals surface area contributed by atoms with Crippen molar-refractivity contribution in [1.82, 2.24) is 10.2 Å². The van der Waals surface area contributed by atoms with Crippen LogP contribution in [0, 0.1) is 31.6 Å². The molecule has 0 aromatic heterocycles. The van der Waals surface area contributed by atoms with Crippen LogP contribution in [0.4, 0.5) is 5.69 Å². The van der Waals surface area contributed by atoms with Gasteiger partial charge in [-0.2, -0.15) is 0 Å². The summed E-state index contributed by atoms with van der Waals surface area (Å²) in [6, 6.07) is 5.25. The molecule has 0 aliphatic carbocycles. The Morgan fingerprint density at radius 2 is 2.03 bits per heavy atom. The molecule has 3 aliphatic rings. The first kappa shape index (κ1) is 24.1. The van der Waals surface area contributed by atoms with Gasteiger partial charge < -0.3 is 20.6 Å². The van der Waals surface area contributed by atoms with Gasteiger partial charge in [-0.1, -0.05) is 26.0 Å². The molecule has 6 atom stereocenters. The molecule has 8 heteroatoms. The van der Waals surface area contributed by atoms with Gasteiger partial charge in [0.15, 0.2) is 0 Å². The van der Waals surface area contributed by atoms with Crippen LogP contribution >= 0.6 is 11.8 Å². The van der Waals surface area contributed by atoms with E-state index in [1.807, 2.05) is 39.0 Å². The summed E-state index contributed by atoms with van der Waals surface area (Å²) < 4.78 is -0.632. The molecule has 3 aliphatic heterocycles. The maximum Gasteiger partial charge on any atom is 0.248 e. The highest BCUT2D eigenvalue weighted by Crippen LogP contribution is 2.68. The number of fused-ring (bicyclic) bond motifs is 1. The molecule has 180 valence electrons. The first-order chi connectivity index (χ1) is 15.8. The molecule has 1 aromatic carbocycles. The lowest BCUT2D eigenvalue weighted by atomic mass is 9.66. The Kier molecular flexibility index (Phi) is 6.78. The molecular weight excluding hydrogens is 438 g/mol. The smallest absolute Gasteiger partial charge is 0.248 e. The molecule has 1 spiro atoms. The zero-order chi connectivity index (χ0) is 23.9. The zero-order valence-electron chi connectivity index (χ0n) is 19.9. The normalized spacial score (nSPS) is 32.2. The Hall–Kier alpha value is -2.06. The van der Waals surface area contributed by atoms with Crippen LogP contribution in [-0.4, -0.2) is 63.5 Å². The number of nitrogens with one attached hydrogen (secondary N) is 2. The van der Waals surface area contributed by atoms with Gasteiger partial charge in [0.05, 0.1) is 16.6 Å². The number of nitrogens with zero attached hydrogens (tertiary/aromatic N) is 1. The van der Waals surface area contributed by atoms with E-state index in [4.69, 9.17) is 0 Å². The topological polar surface area (TPSA) is 98.7 Å². The number of thioether (sulfide) groups is 1. The van der Waals surface area contributed by atoms with E-state index in [0.29, 0.717) is 19.5 Å². The lowest BCUT2D eigenvalue weighted by Gasteiger charge is -2.38. The molecule has 3 heterocycles. The SMILES string of the molecule is CCCNC(=O)[C@@H]1[C@H]2C(=O)N(CCCO)C(C(=O)Nc3cc(C)ccc3C)C23S[C@@H]1CC3C. The summed E-state index contributed by atoms with van der Waals surface area (Å²) in [5.41, 5.74) is 2.75. The summed E-state index contributed by atoms with van der Waals surface area (Å²) >= 11 is 1.68. The van der Waals surface area contributed by atoms with Crippen LogP contribution in [0.3, 0.4) is 0 Å². The number of hydrogen-bond acceptors (Lipinski definition) is 5. The van der Waals surface area contributed by atoms with Gasteiger partial charge in [0.2, 0.25) is 17.7 Å². The van der Waals surface area contributed by atoms with Gasteiger partial charge in [0.1, 0.15) is 6.04 Å². The lowest BCUT2D eigenvalue weighted by Crippen LogP contribution is -2.55. The fourth-order valence-electron chi connectivity index (χ4n) is 6.04. The fraction of sp³-hybridized carbons (Fsp3) is 0.640. The molecule has 33 heavy (non-hydrogen) atoms. The Bertz CT molecular complexity index is 954. The number of rotatable bonds is 8. The average Bonchev–Trinajstić information content (AvgIpc) is 3.36. The van der Waals surface area contributed by atoms with Gasteiger partial charge in [0.25, 0.3) is 0 Å². The van der Waals surface area contributed by atoms with Gasteiger partial charge in [0, 0.05) is 30.6 Å². The Morgan fingerprint density at radius 1 is 1.27 bits per heavy atom. The van der Waals surface area contributed by atoms with Crippen LogP contribution in [0.25, 0.3) is 0 Å². The van der Waals surface area contributed by atoms with E-state index in [2.05, 4.69) is 17.6 Å². The predicted molar refractivity (Wildman–Crippen MR) is 130 cm³/mol. The summed E-state index contributed by atoms with van der Waals surface area (Å²) in [6.07, 6.45) is 2.05. The number of likely N-dealkylation sites (tertiary alicyclic amines) is 1. The van der Waals surface area contributed by atoms with E-state index in [-0.39, 0.29) is 35.5 Å². The molecule has 0 radical (unpaired) electrons. The Labute approximate surface area is 200 Å². The summed E-state index contributed by atoms with van der Waals surface area (Å²) in [7, 11) is 0. The second-order valence-corrected chi connectivity index (χ2v) is 11.3. The summed E-state index contributed by atoms with van der Waals surface area (Å²) in [5.74, 6) is -1.19. The fourth-order valence-corrected chi connectivity index (χ4v) is 8.46. The third-order valence-electron chi connectivity index (χ3n) is 7.55. The standard InChI is InChI=1S/C25H35N3O4S/c1-5-9-26-22(30)19-18-13-16(4)25(33-18)20(19)24(32)28(10-6-11-29)21(25)23(31)27-17-12-14(2)7-8-15(17)3/h7-8,12,16,18-21,29H,5-6,9-11,13H2,1-4H3,(H,26,30)(H,27,31)/t16?,18-,19+,20+,21?,25?/m1/s1. The van der Waals surface area contributed by atoms with Crippen LogP contribution in [-0.2, 0) is 14.4 Å². The molecule has 3 unspecified atom stereocenters.